The Hall–Kier alpha value is -5.88. The van der Waals surface area contributed by atoms with Crippen molar-refractivity contribution in [3.8, 4) is 0 Å². The summed E-state index contributed by atoms with van der Waals surface area (Å²) < 4.78 is 0. The van der Waals surface area contributed by atoms with Gasteiger partial charge in [-0.2, -0.15) is 0 Å². The number of aryl methyl sites for hydroxylation is 13. The molecular formula is C66H102N6. The van der Waals surface area contributed by atoms with Crippen molar-refractivity contribution in [3.63, 3.8) is 0 Å². The second-order valence-electron chi connectivity index (χ2n) is 21.2. The van der Waals surface area contributed by atoms with Crippen molar-refractivity contribution in [1.82, 2.24) is 0 Å². The fourth-order valence-electron chi connectivity index (χ4n) is 8.35. The Morgan fingerprint density at radius 3 is 0.931 bits per heavy atom. The lowest BCUT2D eigenvalue weighted by Crippen LogP contribution is -2.12. The normalized spacial score (nSPS) is 10.6. The van der Waals surface area contributed by atoms with Crippen LogP contribution in [0, 0.1) is 41.5 Å². The Labute approximate surface area is 441 Å². The summed E-state index contributed by atoms with van der Waals surface area (Å²) in [6, 6.07) is 30.1. The van der Waals surface area contributed by atoms with E-state index >= 15 is 0 Å². The Balaban J connectivity index is 0.000000433. The van der Waals surface area contributed by atoms with Crippen LogP contribution in [-0.4, -0.2) is 0 Å². The number of anilines is 6. The highest BCUT2D eigenvalue weighted by molar-refractivity contribution is 5.58. The molecule has 6 heteroatoms. The molecule has 0 aliphatic carbocycles. The molecule has 0 aliphatic rings. The summed E-state index contributed by atoms with van der Waals surface area (Å²) in [7, 11) is 0. The minimum absolute atomic E-state index is 0.212. The predicted octanol–water partition coefficient (Wildman–Crippen LogP) is 16.9. The van der Waals surface area contributed by atoms with Crippen LogP contribution in [0.25, 0.3) is 0 Å². The number of hydrogen-bond acceptors (Lipinski definition) is 6. The smallest absolute Gasteiger partial charge is 0.0379 e. The zero-order chi connectivity index (χ0) is 55.2. The highest BCUT2D eigenvalue weighted by Gasteiger charge is 2.15. The third-order valence-electron chi connectivity index (χ3n) is 13.3. The van der Waals surface area contributed by atoms with Gasteiger partial charge in [0.25, 0.3) is 0 Å². The van der Waals surface area contributed by atoms with E-state index in [0.29, 0.717) is 11.8 Å². The highest BCUT2D eigenvalue weighted by Crippen LogP contribution is 2.29. The van der Waals surface area contributed by atoms with Crippen LogP contribution in [0.4, 0.5) is 34.1 Å². The van der Waals surface area contributed by atoms with Gasteiger partial charge in [-0.1, -0.05) is 169 Å². The van der Waals surface area contributed by atoms with Crippen molar-refractivity contribution in [1.29, 1.82) is 0 Å². The minimum Gasteiger partial charge on any atom is -0.399 e. The van der Waals surface area contributed by atoms with Gasteiger partial charge in [-0.05, 0) is 206 Å². The van der Waals surface area contributed by atoms with Crippen LogP contribution in [0.2, 0.25) is 0 Å². The van der Waals surface area contributed by atoms with Crippen LogP contribution in [0.15, 0.2) is 84.9 Å². The van der Waals surface area contributed by atoms with Gasteiger partial charge in [0.1, 0.15) is 0 Å². The van der Waals surface area contributed by atoms with Gasteiger partial charge in [0.2, 0.25) is 0 Å². The van der Waals surface area contributed by atoms with E-state index in [1.165, 1.54) is 89.0 Å². The van der Waals surface area contributed by atoms with E-state index in [4.69, 9.17) is 34.4 Å². The lowest BCUT2D eigenvalue weighted by atomic mass is 9.85. The van der Waals surface area contributed by atoms with Gasteiger partial charge in [-0.3, -0.25) is 0 Å². The summed E-state index contributed by atoms with van der Waals surface area (Å²) in [5.41, 5.74) is 61.6. The summed E-state index contributed by atoms with van der Waals surface area (Å²) in [6.45, 7) is 42.9. The Morgan fingerprint density at radius 2 is 0.625 bits per heavy atom. The topological polar surface area (TPSA) is 156 Å². The first kappa shape index (κ1) is 64.1. The Morgan fingerprint density at radius 1 is 0.333 bits per heavy atom. The molecule has 0 unspecified atom stereocenters. The monoisotopic (exact) mass is 979 g/mol. The number of nitrogens with two attached hydrogens (primary N) is 6. The number of benzene rings is 6. The summed E-state index contributed by atoms with van der Waals surface area (Å²) in [6.07, 6.45) is 7.36. The fraction of sp³-hybridized carbons (Fsp3) is 0.455. The van der Waals surface area contributed by atoms with E-state index < -0.39 is 0 Å². The zero-order valence-corrected chi connectivity index (χ0v) is 49.2. The van der Waals surface area contributed by atoms with Crippen LogP contribution in [0.3, 0.4) is 0 Å². The van der Waals surface area contributed by atoms with Crippen molar-refractivity contribution < 1.29 is 0 Å². The van der Waals surface area contributed by atoms with Gasteiger partial charge >= 0.3 is 0 Å². The van der Waals surface area contributed by atoms with Gasteiger partial charge in [0, 0.05) is 34.1 Å². The standard InChI is InChI=1S/3C12H19N.C11H17N.C10H15N.C9H13N/c1-8-6-10(12(3,4)5)7-9(2)11(8)13;1-8(2)10-5-11(9(3)4)7-12(13)6-10;1-4-9-7-10(5-2)12(13)11(6-3)8-9;1-4-9-6-8(3)7-10(5-2)11(9)12;1-3-8-5-9(4-2)7-10(11)6-8;1-6-4-7(2)9(10)8(3)5-6/h6-7H,13H2,1-5H3;5-9H,13H2,1-4H3;7-8H,4-6,13H2,1-3H3;6-7H,4-5,12H2,1-3H3;5-7H,3-4,11H2,1-2H3;4-5H,10H2,1-3H3. The number of rotatable bonds is 9. The molecule has 6 aromatic rings. The quantitative estimate of drug-likeness (QED) is 0.0792. The molecule has 396 valence electrons. The molecule has 72 heavy (non-hydrogen) atoms. The summed E-state index contributed by atoms with van der Waals surface area (Å²) in [5, 5.41) is 0. The van der Waals surface area contributed by atoms with Crippen molar-refractivity contribution in [3.05, 3.63) is 174 Å². The van der Waals surface area contributed by atoms with Crippen LogP contribution in [0.1, 0.15) is 198 Å². The third-order valence-corrected chi connectivity index (χ3v) is 13.3. The maximum absolute atomic E-state index is 6.03. The predicted molar refractivity (Wildman–Crippen MR) is 326 cm³/mol. The second-order valence-corrected chi connectivity index (χ2v) is 21.2. The molecule has 6 aromatic carbocycles. The zero-order valence-electron chi connectivity index (χ0n) is 49.2. The van der Waals surface area contributed by atoms with Crippen molar-refractivity contribution in [2.24, 2.45) is 0 Å². The van der Waals surface area contributed by atoms with E-state index in [1.807, 2.05) is 26.0 Å². The van der Waals surface area contributed by atoms with Gasteiger partial charge in [-0.25, -0.2) is 0 Å². The second kappa shape index (κ2) is 30.9. The maximum atomic E-state index is 6.03. The molecule has 0 saturated carbocycles. The van der Waals surface area contributed by atoms with E-state index in [1.54, 1.807) is 0 Å². The lowest BCUT2D eigenvalue weighted by Gasteiger charge is -2.21. The average molecular weight is 980 g/mol. The summed E-state index contributed by atoms with van der Waals surface area (Å²) in [4.78, 5) is 0. The van der Waals surface area contributed by atoms with E-state index in [2.05, 4.69) is 197 Å². The van der Waals surface area contributed by atoms with Crippen LogP contribution in [0.5, 0.6) is 0 Å². The molecule has 0 fully saturated rings. The largest absolute Gasteiger partial charge is 0.399 e. The Bertz CT molecular complexity index is 2440. The molecule has 0 radical (unpaired) electrons. The van der Waals surface area contributed by atoms with Crippen LogP contribution in [-0.2, 0) is 50.4 Å². The maximum Gasteiger partial charge on any atom is 0.0379 e. The first-order chi connectivity index (χ1) is 33.6. The summed E-state index contributed by atoms with van der Waals surface area (Å²) >= 11 is 0. The van der Waals surface area contributed by atoms with Crippen molar-refractivity contribution in [2.45, 2.75) is 201 Å². The first-order valence-electron chi connectivity index (χ1n) is 26.9. The van der Waals surface area contributed by atoms with Crippen LogP contribution < -0.4 is 34.4 Å². The first-order valence-corrected chi connectivity index (χ1v) is 26.9. The fourth-order valence-corrected chi connectivity index (χ4v) is 8.35. The average Bonchev–Trinajstić information content (AvgIpc) is 3.33. The van der Waals surface area contributed by atoms with E-state index in [0.717, 1.165) is 79.1 Å². The lowest BCUT2D eigenvalue weighted by molar-refractivity contribution is 0.589. The molecule has 0 aromatic heterocycles. The van der Waals surface area contributed by atoms with E-state index in [9.17, 15) is 0 Å². The molecule has 0 heterocycles. The molecule has 0 spiro atoms. The van der Waals surface area contributed by atoms with Gasteiger partial charge < -0.3 is 34.4 Å². The number of nitrogen functional groups attached to an aromatic ring is 6. The molecular weight excluding hydrogens is 877 g/mol. The molecule has 6 nitrogen and oxygen atoms in total. The molecule has 0 aliphatic heterocycles. The molecule has 0 atom stereocenters. The minimum atomic E-state index is 0.212. The van der Waals surface area contributed by atoms with Gasteiger partial charge in [0.05, 0.1) is 0 Å². The van der Waals surface area contributed by atoms with Gasteiger partial charge in [-0.15, -0.1) is 0 Å². The third kappa shape index (κ3) is 21.1. The summed E-state index contributed by atoms with van der Waals surface area (Å²) in [5.74, 6) is 1.11. The molecule has 0 bridgehead atoms. The van der Waals surface area contributed by atoms with Gasteiger partial charge in [0.15, 0.2) is 0 Å². The molecule has 0 amide bonds. The van der Waals surface area contributed by atoms with E-state index in [-0.39, 0.29) is 5.41 Å². The molecule has 0 saturated heterocycles. The molecule has 6 rings (SSSR count). The Kier molecular flexibility index (Phi) is 27.5. The highest BCUT2D eigenvalue weighted by atomic mass is 14.6. The SMILES string of the molecule is CC(C)c1cc(N)cc(C(C)C)c1.CCc1cc(C)cc(CC)c1N.CCc1cc(CC)c(N)c(CC)c1.CCc1cc(N)cc(CC)c1.Cc1cc(C(C)(C)C)cc(C)c1N.Cc1cc(C)c(N)c(C)c1. The van der Waals surface area contributed by atoms with Crippen molar-refractivity contribution >= 4 is 34.1 Å². The van der Waals surface area contributed by atoms with Crippen molar-refractivity contribution in [2.75, 3.05) is 34.4 Å². The van der Waals surface area contributed by atoms with Crippen LogP contribution >= 0.6 is 0 Å². The molecule has 12 N–H and O–H groups in total. The number of hydrogen-bond donors (Lipinski definition) is 6.